The van der Waals surface area contributed by atoms with E-state index in [-0.39, 0.29) is 11.7 Å². The summed E-state index contributed by atoms with van der Waals surface area (Å²) in [5.41, 5.74) is 1.66. The van der Waals surface area contributed by atoms with Crippen LogP contribution in [0.1, 0.15) is 22.8 Å². The number of ether oxygens (including phenoxy) is 1. The molecule has 0 aliphatic heterocycles. The third kappa shape index (κ3) is 3.03. The molecule has 2 aromatic rings. The summed E-state index contributed by atoms with van der Waals surface area (Å²) in [5, 5.41) is 2.66. The van der Waals surface area contributed by atoms with Crippen LogP contribution in [-0.2, 0) is 4.79 Å². The minimum Gasteiger partial charge on any atom is -0.496 e. The van der Waals surface area contributed by atoms with Gasteiger partial charge in [-0.3, -0.25) is 9.59 Å². The number of benzene rings is 2. The van der Waals surface area contributed by atoms with E-state index in [1.165, 1.54) is 14.0 Å². The van der Waals surface area contributed by atoms with Gasteiger partial charge in [-0.05, 0) is 12.1 Å². The zero-order valence-corrected chi connectivity index (χ0v) is 11.3. The molecular formula is C16H15NO3. The molecule has 0 spiro atoms. The van der Waals surface area contributed by atoms with Gasteiger partial charge in [0.1, 0.15) is 5.75 Å². The van der Waals surface area contributed by atoms with E-state index >= 15 is 0 Å². The number of hydrogen-bond acceptors (Lipinski definition) is 3. The van der Waals surface area contributed by atoms with Gasteiger partial charge in [-0.1, -0.05) is 30.3 Å². The van der Waals surface area contributed by atoms with E-state index < -0.39 is 0 Å². The van der Waals surface area contributed by atoms with E-state index in [4.69, 9.17) is 4.74 Å². The Morgan fingerprint density at radius 2 is 1.75 bits per heavy atom. The molecule has 0 saturated heterocycles. The molecule has 102 valence electrons. The van der Waals surface area contributed by atoms with Crippen LogP contribution < -0.4 is 10.1 Å². The van der Waals surface area contributed by atoms with Crippen molar-refractivity contribution in [2.45, 2.75) is 6.92 Å². The molecule has 2 rings (SSSR count). The maximum atomic E-state index is 12.4. The maximum absolute atomic E-state index is 12.4. The first-order chi connectivity index (χ1) is 9.61. The number of hydrogen-bond donors (Lipinski definition) is 1. The molecule has 0 heterocycles. The standard InChI is InChI=1S/C16H15NO3/c1-11(18)17-13-8-9-14(15(10-13)20-2)16(19)12-6-4-3-5-7-12/h3-10H,1-2H3,(H,17,18). The summed E-state index contributed by atoms with van der Waals surface area (Å²) in [6, 6.07) is 14.0. The molecule has 4 heteroatoms. The Labute approximate surface area is 117 Å². The van der Waals surface area contributed by atoms with Crippen molar-refractivity contribution in [2.75, 3.05) is 12.4 Å². The summed E-state index contributed by atoms with van der Waals surface area (Å²) < 4.78 is 5.24. The number of amides is 1. The smallest absolute Gasteiger partial charge is 0.221 e. The summed E-state index contributed by atoms with van der Waals surface area (Å²) in [7, 11) is 1.49. The maximum Gasteiger partial charge on any atom is 0.221 e. The Kier molecular flexibility index (Phi) is 4.15. The second kappa shape index (κ2) is 6.02. The van der Waals surface area contributed by atoms with Gasteiger partial charge in [-0.15, -0.1) is 0 Å². The molecular weight excluding hydrogens is 254 g/mol. The van der Waals surface area contributed by atoms with Crippen LogP contribution in [-0.4, -0.2) is 18.8 Å². The van der Waals surface area contributed by atoms with Crippen LogP contribution in [0.5, 0.6) is 5.75 Å². The highest BCUT2D eigenvalue weighted by molar-refractivity contribution is 6.11. The zero-order chi connectivity index (χ0) is 14.5. The van der Waals surface area contributed by atoms with Crippen LogP contribution in [0.3, 0.4) is 0 Å². The van der Waals surface area contributed by atoms with Crippen LogP contribution in [0, 0.1) is 0 Å². The Morgan fingerprint density at radius 3 is 2.35 bits per heavy atom. The largest absolute Gasteiger partial charge is 0.496 e. The molecule has 0 aliphatic carbocycles. The van der Waals surface area contributed by atoms with Gasteiger partial charge in [-0.25, -0.2) is 0 Å². The van der Waals surface area contributed by atoms with Crippen molar-refractivity contribution in [3.63, 3.8) is 0 Å². The number of carbonyl (C=O) groups is 2. The molecule has 0 fully saturated rings. The lowest BCUT2D eigenvalue weighted by Gasteiger charge is -2.10. The molecule has 0 radical (unpaired) electrons. The number of anilines is 1. The van der Waals surface area contributed by atoms with Crippen molar-refractivity contribution in [1.29, 1.82) is 0 Å². The Bertz CT molecular complexity index is 635. The quantitative estimate of drug-likeness (QED) is 0.868. The number of methoxy groups -OCH3 is 1. The predicted molar refractivity (Wildman–Crippen MR) is 77.2 cm³/mol. The van der Waals surface area contributed by atoms with E-state index in [2.05, 4.69) is 5.32 Å². The van der Waals surface area contributed by atoms with Crippen LogP contribution in [0.25, 0.3) is 0 Å². The van der Waals surface area contributed by atoms with Crippen LogP contribution in [0.4, 0.5) is 5.69 Å². The van der Waals surface area contributed by atoms with E-state index in [0.29, 0.717) is 22.6 Å². The minimum atomic E-state index is -0.172. The topological polar surface area (TPSA) is 55.4 Å². The normalized spacial score (nSPS) is 9.90. The van der Waals surface area contributed by atoms with E-state index in [9.17, 15) is 9.59 Å². The van der Waals surface area contributed by atoms with E-state index in [1.807, 2.05) is 18.2 Å². The van der Waals surface area contributed by atoms with Crippen LogP contribution >= 0.6 is 0 Å². The molecule has 0 bridgehead atoms. The third-order valence-corrected chi connectivity index (χ3v) is 2.80. The minimum absolute atomic E-state index is 0.114. The number of carbonyl (C=O) groups excluding carboxylic acids is 2. The molecule has 0 aliphatic rings. The van der Waals surface area contributed by atoms with Crippen molar-refractivity contribution < 1.29 is 14.3 Å². The zero-order valence-electron chi connectivity index (χ0n) is 11.3. The van der Waals surface area contributed by atoms with Crippen molar-refractivity contribution in [1.82, 2.24) is 0 Å². The first-order valence-corrected chi connectivity index (χ1v) is 6.17. The lowest BCUT2D eigenvalue weighted by Crippen LogP contribution is -2.08. The summed E-state index contributed by atoms with van der Waals surface area (Å²) in [5.74, 6) is 0.149. The molecule has 4 nitrogen and oxygen atoms in total. The van der Waals surface area contributed by atoms with Gasteiger partial charge < -0.3 is 10.1 Å². The molecule has 1 N–H and O–H groups in total. The van der Waals surface area contributed by atoms with E-state index in [0.717, 1.165) is 0 Å². The predicted octanol–water partition coefficient (Wildman–Crippen LogP) is 2.88. The third-order valence-electron chi connectivity index (χ3n) is 2.80. The van der Waals surface area contributed by atoms with Crippen LogP contribution in [0.15, 0.2) is 48.5 Å². The van der Waals surface area contributed by atoms with Gasteiger partial charge in [0, 0.05) is 24.2 Å². The summed E-state index contributed by atoms with van der Waals surface area (Å²) >= 11 is 0. The lowest BCUT2D eigenvalue weighted by molar-refractivity contribution is -0.114. The molecule has 0 saturated carbocycles. The van der Waals surface area contributed by atoms with Gasteiger partial charge in [0.15, 0.2) is 5.78 Å². The van der Waals surface area contributed by atoms with Crippen LogP contribution in [0.2, 0.25) is 0 Å². The van der Waals surface area contributed by atoms with E-state index in [1.54, 1.807) is 30.3 Å². The first-order valence-electron chi connectivity index (χ1n) is 6.17. The number of rotatable bonds is 4. The Hall–Kier alpha value is -2.62. The highest BCUT2D eigenvalue weighted by Crippen LogP contribution is 2.25. The molecule has 2 aromatic carbocycles. The first kappa shape index (κ1) is 13.8. The second-order valence-corrected chi connectivity index (χ2v) is 4.29. The van der Waals surface area contributed by atoms with Crippen molar-refractivity contribution in [3.05, 3.63) is 59.7 Å². The summed E-state index contributed by atoms with van der Waals surface area (Å²) in [4.78, 5) is 23.4. The van der Waals surface area contributed by atoms with Gasteiger partial charge in [0.2, 0.25) is 5.91 Å². The van der Waals surface area contributed by atoms with Gasteiger partial charge in [0.05, 0.1) is 12.7 Å². The monoisotopic (exact) mass is 269 g/mol. The molecule has 1 amide bonds. The average Bonchev–Trinajstić information content (AvgIpc) is 2.46. The fourth-order valence-electron chi connectivity index (χ4n) is 1.90. The molecule has 0 aromatic heterocycles. The van der Waals surface area contributed by atoms with Gasteiger partial charge >= 0.3 is 0 Å². The SMILES string of the molecule is COc1cc(NC(C)=O)ccc1C(=O)c1ccccc1. The Balaban J connectivity index is 2.37. The summed E-state index contributed by atoms with van der Waals surface area (Å²) in [6.07, 6.45) is 0. The molecule has 20 heavy (non-hydrogen) atoms. The summed E-state index contributed by atoms with van der Waals surface area (Å²) in [6.45, 7) is 1.43. The highest BCUT2D eigenvalue weighted by Gasteiger charge is 2.14. The average molecular weight is 269 g/mol. The fourth-order valence-corrected chi connectivity index (χ4v) is 1.90. The van der Waals surface area contributed by atoms with Crippen molar-refractivity contribution in [3.8, 4) is 5.75 Å². The second-order valence-electron chi connectivity index (χ2n) is 4.29. The fraction of sp³-hybridized carbons (Fsp3) is 0.125. The lowest BCUT2D eigenvalue weighted by atomic mass is 10.0. The molecule has 0 atom stereocenters. The van der Waals surface area contributed by atoms with Crippen molar-refractivity contribution >= 4 is 17.4 Å². The van der Waals surface area contributed by atoms with Gasteiger partial charge in [0.25, 0.3) is 0 Å². The number of ketones is 1. The number of nitrogens with one attached hydrogen (secondary N) is 1. The van der Waals surface area contributed by atoms with Gasteiger partial charge in [-0.2, -0.15) is 0 Å². The van der Waals surface area contributed by atoms with Crippen molar-refractivity contribution in [2.24, 2.45) is 0 Å². The Morgan fingerprint density at radius 1 is 1.05 bits per heavy atom. The molecule has 0 unspecified atom stereocenters. The highest BCUT2D eigenvalue weighted by atomic mass is 16.5.